The van der Waals surface area contributed by atoms with E-state index in [1.165, 1.54) is 0 Å². The van der Waals surface area contributed by atoms with Crippen molar-refractivity contribution in [3.8, 4) is 6.07 Å². The monoisotopic (exact) mass is 288 g/mol. The van der Waals surface area contributed by atoms with Crippen molar-refractivity contribution < 1.29 is 4.79 Å². The van der Waals surface area contributed by atoms with Crippen molar-refractivity contribution in [1.82, 2.24) is 9.80 Å². The highest BCUT2D eigenvalue weighted by atomic mass is 16.2. The van der Waals surface area contributed by atoms with Gasteiger partial charge in [0, 0.05) is 5.69 Å². The lowest BCUT2D eigenvalue weighted by atomic mass is 10.2. The highest BCUT2D eigenvalue weighted by molar-refractivity contribution is 5.94. The van der Waals surface area contributed by atoms with Crippen LogP contribution in [0.5, 0.6) is 0 Å². The van der Waals surface area contributed by atoms with E-state index < -0.39 is 0 Å². The first-order valence-corrected chi connectivity index (χ1v) is 7.10. The quantitative estimate of drug-likeness (QED) is 0.830. The van der Waals surface area contributed by atoms with Gasteiger partial charge in [-0.15, -0.1) is 0 Å². The molecule has 0 radical (unpaired) electrons. The Balaban J connectivity index is 2.47. The maximum absolute atomic E-state index is 12.2. The topological polar surface area (TPSA) is 59.4 Å². The van der Waals surface area contributed by atoms with E-state index in [1.54, 1.807) is 24.3 Å². The SMILES string of the molecule is CC(C(=O)Nc1ccc(C#N)cc1)N(C)CCCN(C)C. The molecular weight excluding hydrogens is 264 g/mol. The predicted molar refractivity (Wildman–Crippen MR) is 85.0 cm³/mol. The smallest absolute Gasteiger partial charge is 0.241 e. The van der Waals surface area contributed by atoms with Gasteiger partial charge in [0.05, 0.1) is 17.7 Å². The number of nitrogens with one attached hydrogen (secondary N) is 1. The van der Waals surface area contributed by atoms with Crippen molar-refractivity contribution in [1.29, 1.82) is 5.26 Å². The summed E-state index contributed by atoms with van der Waals surface area (Å²) in [7, 11) is 6.04. The number of carbonyl (C=O) groups is 1. The normalized spacial score (nSPS) is 12.2. The Kier molecular flexibility index (Phi) is 6.86. The van der Waals surface area contributed by atoms with Crippen LogP contribution in [0, 0.1) is 11.3 Å². The van der Waals surface area contributed by atoms with E-state index in [4.69, 9.17) is 5.26 Å². The number of likely N-dealkylation sites (N-methyl/N-ethyl adjacent to an activating group) is 1. The third-order valence-electron chi connectivity index (χ3n) is 3.44. The molecule has 0 aliphatic rings. The number of rotatable bonds is 7. The molecule has 1 atom stereocenters. The maximum Gasteiger partial charge on any atom is 0.241 e. The zero-order valence-corrected chi connectivity index (χ0v) is 13.3. The van der Waals surface area contributed by atoms with E-state index in [-0.39, 0.29) is 11.9 Å². The summed E-state index contributed by atoms with van der Waals surface area (Å²) in [6, 6.07) is 8.75. The first-order valence-electron chi connectivity index (χ1n) is 7.10. The fraction of sp³-hybridized carbons (Fsp3) is 0.500. The van der Waals surface area contributed by atoms with Crippen LogP contribution in [-0.4, -0.2) is 56.0 Å². The van der Waals surface area contributed by atoms with Crippen LogP contribution in [0.1, 0.15) is 18.9 Å². The first-order chi connectivity index (χ1) is 9.93. The Morgan fingerprint density at radius 3 is 2.38 bits per heavy atom. The second kappa shape index (κ2) is 8.40. The Bertz CT molecular complexity index is 490. The highest BCUT2D eigenvalue weighted by Crippen LogP contribution is 2.10. The minimum absolute atomic E-state index is 0.0351. The number of hydrogen-bond acceptors (Lipinski definition) is 4. The van der Waals surface area contributed by atoms with Crippen LogP contribution in [0.3, 0.4) is 0 Å². The Hall–Kier alpha value is -1.90. The average molecular weight is 288 g/mol. The van der Waals surface area contributed by atoms with Gasteiger partial charge >= 0.3 is 0 Å². The van der Waals surface area contributed by atoms with Crippen LogP contribution in [-0.2, 0) is 4.79 Å². The zero-order valence-electron chi connectivity index (χ0n) is 13.3. The summed E-state index contributed by atoms with van der Waals surface area (Å²) in [4.78, 5) is 16.4. The summed E-state index contributed by atoms with van der Waals surface area (Å²) in [5.41, 5.74) is 1.30. The average Bonchev–Trinajstić information content (AvgIpc) is 2.46. The molecule has 1 N–H and O–H groups in total. The van der Waals surface area contributed by atoms with Crippen molar-refractivity contribution in [2.24, 2.45) is 0 Å². The third kappa shape index (κ3) is 5.94. The minimum Gasteiger partial charge on any atom is -0.325 e. The van der Waals surface area contributed by atoms with E-state index in [2.05, 4.69) is 16.3 Å². The summed E-state index contributed by atoms with van der Waals surface area (Å²) in [5, 5.41) is 11.6. The summed E-state index contributed by atoms with van der Waals surface area (Å²) in [6.07, 6.45) is 1.03. The van der Waals surface area contributed by atoms with Crippen molar-refractivity contribution in [3.05, 3.63) is 29.8 Å². The van der Waals surface area contributed by atoms with Crippen LogP contribution < -0.4 is 5.32 Å². The van der Waals surface area contributed by atoms with Gasteiger partial charge in [-0.05, 0) is 71.8 Å². The van der Waals surface area contributed by atoms with E-state index in [9.17, 15) is 4.79 Å². The third-order valence-corrected chi connectivity index (χ3v) is 3.44. The molecule has 5 heteroatoms. The maximum atomic E-state index is 12.2. The van der Waals surface area contributed by atoms with Gasteiger partial charge in [-0.25, -0.2) is 0 Å². The van der Waals surface area contributed by atoms with Crippen LogP contribution in [0.25, 0.3) is 0 Å². The Morgan fingerprint density at radius 2 is 1.86 bits per heavy atom. The van der Waals surface area contributed by atoms with E-state index in [1.807, 2.05) is 33.0 Å². The molecule has 0 heterocycles. The molecule has 0 saturated carbocycles. The molecule has 1 unspecified atom stereocenters. The fourth-order valence-electron chi connectivity index (χ4n) is 1.90. The summed E-state index contributed by atoms with van der Waals surface area (Å²) >= 11 is 0. The predicted octanol–water partition coefficient (Wildman–Crippen LogP) is 1.77. The number of nitrogens with zero attached hydrogens (tertiary/aromatic N) is 3. The van der Waals surface area contributed by atoms with Crippen LogP contribution in [0.2, 0.25) is 0 Å². The second-order valence-corrected chi connectivity index (χ2v) is 5.49. The van der Waals surface area contributed by atoms with Crippen LogP contribution in [0.15, 0.2) is 24.3 Å². The van der Waals surface area contributed by atoms with Crippen molar-refractivity contribution in [2.45, 2.75) is 19.4 Å². The molecule has 0 bridgehead atoms. The lowest BCUT2D eigenvalue weighted by Crippen LogP contribution is -2.40. The van der Waals surface area contributed by atoms with E-state index in [0.29, 0.717) is 11.3 Å². The summed E-state index contributed by atoms with van der Waals surface area (Å²) in [5.74, 6) is -0.0351. The Morgan fingerprint density at radius 1 is 1.24 bits per heavy atom. The summed E-state index contributed by atoms with van der Waals surface area (Å²) in [6.45, 7) is 3.78. The lowest BCUT2D eigenvalue weighted by molar-refractivity contribution is -0.120. The molecule has 1 rings (SSSR count). The van der Waals surface area contributed by atoms with Crippen molar-refractivity contribution >= 4 is 11.6 Å². The summed E-state index contributed by atoms with van der Waals surface area (Å²) < 4.78 is 0. The molecule has 0 fully saturated rings. The number of nitriles is 1. The van der Waals surface area contributed by atoms with Gasteiger partial charge in [-0.3, -0.25) is 9.69 Å². The molecule has 0 aliphatic heterocycles. The number of carbonyl (C=O) groups excluding carboxylic acids is 1. The van der Waals surface area contributed by atoms with Gasteiger partial charge in [-0.2, -0.15) is 5.26 Å². The number of benzene rings is 1. The second-order valence-electron chi connectivity index (χ2n) is 5.49. The fourth-order valence-corrected chi connectivity index (χ4v) is 1.90. The van der Waals surface area contributed by atoms with E-state index in [0.717, 1.165) is 19.5 Å². The molecule has 0 aromatic heterocycles. The lowest BCUT2D eigenvalue weighted by Gasteiger charge is -2.24. The number of hydrogen-bond donors (Lipinski definition) is 1. The zero-order chi connectivity index (χ0) is 15.8. The molecule has 5 nitrogen and oxygen atoms in total. The van der Waals surface area contributed by atoms with Gasteiger partial charge in [-0.1, -0.05) is 0 Å². The van der Waals surface area contributed by atoms with Crippen LogP contribution >= 0.6 is 0 Å². The number of amides is 1. The minimum atomic E-state index is -0.192. The van der Waals surface area contributed by atoms with Gasteiger partial charge in [0.25, 0.3) is 0 Å². The Labute approximate surface area is 127 Å². The molecule has 1 amide bonds. The number of anilines is 1. The van der Waals surface area contributed by atoms with Gasteiger partial charge < -0.3 is 10.2 Å². The molecule has 0 spiro atoms. The van der Waals surface area contributed by atoms with Crippen molar-refractivity contribution in [3.63, 3.8) is 0 Å². The van der Waals surface area contributed by atoms with Crippen LogP contribution in [0.4, 0.5) is 5.69 Å². The first kappa shape index (κ1) is 17.2. The molecule has 114 valence electrons. The molecule has 1 aromatic carbocycles. The standard InChI is InChI=1S/C16H24N4O/c1-13(20(4)11-5-10-19(2)3)16(21)18-15-8-6-14(12-17)7-9-15/h6-9,13H,5,10-11H2,1-4H3,(H,18,21). The van der Waals surface area contributed by atoms with Crippen molar-refractivity contribution in [2.75, 3.05) is 39.5 Å². The molecule has 21 heavy (non-hydrogen) atoms. The molecular formula is C16H24N4O. The largest absolute Gasteiger partial charge is 0.325 e. The molecule has 1 aromatic rings. The van der Waals surface area contributed by atoms with E-state index >= 15 is 0 Å². The van der Waals surface area contributed by atoms with Gasteiger partial charge in [0.2, 0.25) is 5.91 Å². The van der Waals surface area contributed by atoms with Gasteiger partial charge in [0.15, 0.2) is 0 Å². The molecule has 0 saturated heterocycles. The molecule has 0 aliphatic carbocycles. The van der Waals surface area contributed by atoms with Gasteiger partial charge in [0.1, 0.15) is 0 Å². The highest BCUT2D eigenvalue weighted by Gasteiger charge is 2.17.